The maximum Gasteiger partial charge on any atom is 0.208 e. The van der Waals surface area contributed by atoms with Crippen LogP contribution in [0, 0.1) is 6.92 Å². The number of para-hydroxylation sites is 1. The summed E-state index contributed by atoms with van der Waals surface area (Å²) in [6.07, 6.45) is 2.55. The molecular formula is C28H28N4OS. The van der Waals surface area contributed by atoms with Crippen LogP contribution in [-0.4, -0.2) is 21.5 Å². The van der Waals surface area contributed by atoms with Gasteiger partial charge in [-0.3, -0.25) is 4.79 Å². The van der Waals surface area contributed by atoms with Crippen molar-refractivity contribution in [2.75, 3.05) is 10.0 Å². The number of nitrogens with zero attached hydrogens (tertiary/aromatic N) is 4. The molecule has 172 valence electrons. The molecule has 5 nitrogen and oxygen atoms in total. The van der Waals surface area contributed by atoms with Crippen LogP contribution < -0.4 is 10.0 Å². The standard InChI is InChI=1S/C28H28N4OS/c1-4-22-13-15-23(16-14-22)26-17-18-28(31(29-26)24-10-6-5-7-11-24)32(30-27(34-28)21(3)33)25-12-8-9-20(2)19-25/h5-16,19H,4,17-18H2,1-3H3/t28-/m1/s1. The highest BCUT2D eigenvalue weighted by atomic mass is 32.2. The Kier molecular flexibility index (Phi) is 6.00. The molecule has 0 saturated heterocycles. The molecule has 2 heterocycles. The molecule has 0 amide bonds. The maximum absolute atomic E-state index is 12.5. The largest absolute Gasteiger partial charge is 0.292 e. The van der Waals surface area contributed by atoms with Crippen molar-refractivity contribution < 1.29 is 4.79 Å². The number of Topliss-reactive ketones (excluding diaryl/α,β-unsaturated/α-hetero) is 1. The summed E-state index contributed by atoms with van der Waals surface area (Å²) >= 11 is 1.50. The summed E-state index contributed by atoms with van der Waals surface area (Å²) in [5.41, 5.74) is 6.55. The van der Waals surface area contributed by atoms with Gasteiger partial charge in [0.25, 0.3) is 0 Å². The molecule has 2 aliphatic heterocycles. The molecule has 1 spiro atoms. The SMILES string of the molecule is CCc1ccc(C2=NN(c3ccccc3)[C@@]3(CC2)SC(C(C)=O)=NN3c2cccc(C)c2)cc1. The zero-order valence-electron chi connectivity index (χ0n) is 19.7. The summed E-state index contributed by atoms with van der Waals surface area (Å²) in [5, 5.41) is 14.6. The highest BCUT2D eigenvalue weighted by Crippen LogP contribution is 2.50. The van der Waals surface area contributed by atoms with Crippen LogP contribution in [0.1, 0.15) is 43.4 Å². The van der Waals surface area contributed by atoms with Crippen LogP contribution in [0.5, 0.6) is 0 Å². The monoisotopic (exact) mass is 468 g/mol. The first-order chi connectivity index (χ1) is 16.5. The number of aryl methyl sites for hydroxylation is 2. The molecule has 0 bridgehead atoms. The van der Waals surface area contributed by atoms with Crippen LogP contribution in [0.15, 0.2) is 89.1 Å². The molecule has 0 unspecified atom stereocenters. The van der Waals surface area contributed by atoms with Crippen molar-refractivity contribution in [2.24, 2.45) is 10.2 Å². The van der Waals surface area contributed by atoms with Gasteiger partial charge in [-0.15, -0.1) is 0 Å². The third kappa shape index (κ3) is 4.03. The van der Waals surface area contributed by atoms with E-state index in [4.69, 9.17) is 10.2 Å². The maximum atomic E-state index is 12.5. The van der Waals surface area contributed by atoms with Crippen molar-refractivity contribution in [3.63, 3.8) is 0 Å². The van der Waals surface area contributed by atoms with Gasteiger partial charge in [0.1, 0.15) is 0 Å². The molecule has 2 aliphatic rings. The second-order valence-corrected chi connectivity index (χ2v) is 9.95. The van der Waals surface area contributed by atoms with Gasteiger partial charge in [0.05, 0.1) is 17.1 Å². The quantitative estimate of drug-likeness (QED) is 0.436. The molecule has 1 atom stereocenters. The topological polar surface area (TPSA) is 48.3 Å². The molecule has 0 saturated carbocycles. The number of hydrogen-bond acceptors (Lipinski definition) is 6. The molecular weight excluding hydrogens is 440 g/mol. The lowest BCUT2D eigenvalue weighted by Crippen LogP contribution is -2.56. The average molecular weight is 469 g/mol. The van der Waals surface area contributed by atoms with E-state index in [0.717, 1.165) is 47.5 Å². The fraction of sp³-hybridized carbons (Fsp3) is 0.250. The molecule has 3 aromatic carbocycles. The van der Waals surface area contributed by atoms with Crippen molar-refractivity contribution in [1.82, 2.24) is 0 Å². The Morgan fingerprint density at radius 2 is 1.65 bits per heavy atom. The van der Waals surface area contributed by atoms with Gasteiger partial charge < -0.3 is 0 Å². The number of carbonyl (C=O) groups is 1. The number of hydrogen-bond donors (Lipinski definition) is 0. The molecule has 0 radical (unpaired) electrons. The highest BCUT2D eigenvalue weighted by molar-refractivity contribution is 8.17. The molecule has 3 aromatic rings. The van der Waals surface area contributed by atoms with Crippen molar-refractivity contribution in [3.05, 3.63) is 95.6 Å². The fourth-order valence-corrected chi connectivity index (χ4v) is 5.68. The summed E-state index contributed by atoms with van der Waals surface area (Å²) < 4.78 is 0. The molecule has 0 aromatic heterocycles. The van der Waals surface area contributed by atoms with E-state index in [9.17, 15) is 4.79 Å². The number of hydrazone groups is 2. The predicted molar refractivity (Wildman–Crippen MR) is 143 cm³/mol. The number of thioether (sulfide) groups is 1. The third-order valence-electron chi connectivity index (χ3n) is 6.26. The van der Waals surface area contributed by atoms with Gasteiger partial charge in [-0.25, -0.2) is 10.0 Å². The van der Waals surface area contributed by atoms with Gasteiger partial charge in [0, 0.05) is 13.3 Å². The summed E-state index contributed by atoms with van der Waals surface area (Å²) in [7, 11) is 0. The van der Waals surface area contributed by atoms with E-state index in [-0.39, 0.29) is 5.78 Å². The van der Waals surface area contributed by atoms with Gasteiger partial charge >= 0.3 is 0 Å². The van der Waals surface area contributed by atoms with Gasteiger partial charge in [-0.05, 0) is 72.5 Å². The average Bonchev–Trinajstić information content (AvgIpc) is 3.25. The first kappa shape index (κ1) is 22.4. The zero-order chi connectivity index (χ0) is 23.7. The van der Waals surface area contributed by atoms with Gasteiger partial charge in [0.15, 0.2) is 10.8 Å². The van der Waals surface area contributed by atoms with Gasteiger partial charge in [-0.1, -0.05) is 61.5 Å². The van der Waals surface area contributed by atoms with Crippen molar-refractivity contribution >= 4 is 39.7 Å². The first-order valence-corrected chi connectivity index (χ1v) is 12.5. The second-order valence-electron chi connectivity index (χ2n) is 8.70. The lowest BCUT2D eigenvalue weighted by Gasteiger charge is -2.46. The van der Waals surface area contributed by atoms with Crippen molar-refractivity contribution in [2.45, 2.75) is 45.0 Å². The number of carbonyl (C=O) groups excluding carboxylic acids is 1. The molecule has 0 N–H and O–H groups in total. The Labute approximate surface area is 205 Å². The Morgan fingerprint density at radius 3 is 2.32 bits per heavy atom. The summed E-state index contributed by atoms with van der Waals surface area (Å²) in [6, 6.07) is 27.1. The summed E-state index contributed by atoms with van der Waals surface area (Å²) in [4.78, 5) is 11.8. The minimum absolute atomic E-state index is 0.0301. The minimum Gasteiger partial charge on any atom is -0.292 e. The van der Waals surface area contributed by atoms with E-state index < -0.39 is 4.99 Å². The van der Waals surface area contributed by atoms with Crippen LogP contribution in [0.4, 0.5) is 11.4 Å². The summed E-state index contributed by atoms with van der Waals surface area (Å²) in [6.45, 7) is 5.82. The van der Waals surface area contributed by atoms with Crippen molar-refractivity contribution in [1.29, 1.82) is 0 Å². The Bertz CT molecular complexity index is 1270. The Hall–Kier alpha value is -3.38. The lowest BCUT2D eigenvalue weighted by molar-refractivity contribution is -0.110. The van der Waals surface area contributed by atoms with Crippen molar-refractivity contribution in [3.8, 4) is 0 Å². The fourth-order valence-electron chi connectivity index (χ4n) is 4.44. The minimum atomic E-state index is -0.664. The number of benzene rings is 3. The second kappa shape index (κ2) is 9.11. The summed E-state index contributed by atoms with van der Waals surface area (Å²) in [5.74, 6) is -0.0301. The Balaban J connectivity index is 1.65. The molecule has 6 heteroatoms. The number of ketones is 1. The van der Waals surface area contributed by atoms with E-state index in [0.29, 0.717) is 5.04 Å². The van der Waals surface area contributed by atoms with Crippen LogP contribution in [0.3, 0.4) is 0 Å². The van der Waals surface area contributed by atoms with Crippen LogP contribution in [0.25, 0.3) is 0 Å². The van der Waals surface area contributed by atoms with Crippen LogP contribution >= 0.6 is 11.8 Å². The molecule has 0 fully saturated rings. The highest BCUT2D eigenvalue weighted by Gasteiger charge is 2.52. The molecule has 5 rings (SSSR count). The van der Waals surface area contributed by atoms with Crippen LogP contribution in [0.2, 0.25) is 0 Å². The smallest absolute Gasteiger partial charge is 0.208 e. The van der Waals surface area contributed by atoms with E-state index >= 15 is 0 Å². The number of rotatable bonds is 5. The van der Waals surface area contributed by atoms with E-state index in [1.165, 1.54) is 17.3 Å². The van der Waals surface area contributed by atoms with Gasteiger partial charge in [0.2, 0.25) is 4.99 Å². The number of anilines is 2. The lowest BCUT2D eigenvalue weighted by atomic mass is 10.00. The molecule has 34 heavy (non-hydrogen) atoms. The van der Waals surface area contributed by atoms with E-state index in [1.54, 1.807) is 6.92 Å². The van der Waals surface area contributed by atoms with E-state index in [2.05, 4.69) is 67.4 Å². The van der Waals surface area contributed by atoms with Gasteiger partial charge in [-0.2, -0.15) is 10.2 Å². The molecule has 0 aliphatic carbocycles. The van der Waals surface area contributed by atoms with Crippen LogP contribution in [-0.2, 0) is 11.2 Å². The zero-order valence-corrected chi connectivity index (χ0v) is 20.5. The predicted octanol–water partition coefficient (Wildman–Crippen LogP) is 6.37. The van der Waals surface area contributed by atoms with E-state index in [1.807, 2.05) is 35.3 Å². The normalized spacial score (nSPS) is 19.9. The third-order valence-corrected chi connectivity index (χ3v) is 7.70. The Morgan fingerprint density at radius 1 is 0.941 bits per heavy atom. The first-order valence-electron chi connectivity index (χ1n) is 11.7.